The van der Waals surface area contributed by atoms with Gasteiger partial charge in [0.2, 0.25) is 11.8 Å². The van der Waals surface area contributed by atoms with E-state index in [0.29, 0.717) is 37.6 Å². The number of nitrogens with one attached hydrogen (secondary N) is 4. The average molecular weight is 686 g/mol. The van der Waals surface area contributed by atoms with Crippen LogP contribution in [-0.2, 0) is 16.0 Å². The van der Waals surface area contributed by atoms with Crippen molar-refractivity contribution in [3.05, 3.63) is 24.8 Å². The molecular weight excluding hydrogens is 658 g/mol. The number of aromatic hydroxyl groups is 1. The number of rotatable bonds is 11. The Kier molecular flexibility index (Phi) is 10.0. The van der Waals surface area contributed by atoms with Crippen molar-refractivity contribution in [1.29, 1.82) is 0 Å². The minimum Gasteiger partial charge on any atom is -0.506 e. The lowest BCUT2D eigenvalue weighted by Crippen LogP contribution is -2.36. The number of hydrogen-bond acceptors (Lipinski definition) is 5. The number of fused-ring (bicyclic) bond motifs is 1. The molecule has 0 radical (unpaired) electrons. The monoisotopic (exact) mass is 686 g/mol. The molecule has 5 N–H and O–H groups in total. The molecule has 176 valence electrons. The van der Waals surface area contributed by atoms with Crippen LogP contribution in [0.25, 0.3) is 0 Å². The molecule has 0 aliphatic carbocycles. The Morgan fingerprint density at radius 3 is 2.41 bits per heavy atom. The minimum absolute atomic E-state index is 0.000259. The summed E-state index contributed by atoms with van der Waals surface area (Å²) in [6.07, 6.45) is 4.21. The Labute approximate surface area is 219 Å². The topological polar surface area (TPSA) is 120 Å². The molecule has 2 fully saturated rings. The summed E-state index contributed by atoms with van der Waals surface area (Å²) in [5, 5.41) is 21.8. The molecule has 1 aromatic rings. The zero-order valence-corrected chi connectivity index (χ0v) is 22.7. The normalized spacial score (nSPS) is 21.6. The van der Waals surface area contributed by atoms with Crippen LogP contribution >= 0.6 is 56.9 Å². The van der Waals surface area contributed by atoms with E-state index in [2.05, 4.69) is 66.4 Å². The summed E-state index contributed by atoms with van der Waals surface area (Å²) in [7, 11) is 0. The van der Waals surface area contributed by atoms with Gasteiger partial charge in [-0.2, -0.15) is 11.8 Å². The molecule has 2 saturated heterocycles. The Balaban J connectivity index is 1.21. The first-order chi connectivity index (χ1) is 15.3. The van der Waals surface area contributed by atoms with Crippen LogP contribution in [0.15, 0.2) is 12.1 Å². The number of phenolic OH excluding ortho intramolecular Hbond substituents is 1. The second-order valence-electron chi connectivity index (χ2n) is 7.98. The van der Waals surface area contributed by atoms with E-state index in [9.17, 15) is 19.5 Å². The molecular formula is C21H28I2N4O4S. The Hall–Kier alpha value is -0.960. The van der Waals surface area contributed by atoms with Crippen molar-refractivity contribution in [3.8, 4) is 5.75 Å². The highest BCUT2D eigenvalue weighted by Crippen LogP contribution is 2.33. The van der Waals surface area contributed by atoms with Gasteiger partial charge in [0.15, 0.2) is 0 Å². The molecule has 32 heavy (non-hydrogen) atoms. The van der Waals surface area contributed by atoms with Crippen LogP contribution in [0.4, 0.5) is 4.79 Å². The number of carbonyl (C=O) groups excluding carboxylic acids is 3. The molecule has 1 aromatic carbocycles. The number of amides is 4. The molecule has 2 heterocycles. The van der Waals surface area contributed by atoms with Gasteiger partial charge in [0.25, 0.3) is 0 Å². The van der Waals surface area contributed by atoms with Crippen LogP contribution in [-0.4, -0.2) is 59.1 Å². The fraction of sp³-hybridized carbons (Fsp3) is 0.571. The molecule has 11 heteroatoms. The molecule has 0 aromatic heterocycles. The highest BCUT2D eigenvalue weighted by molar-refractivity contribution is 14.1. The van der Waals surface area contributed by atoms with Crippen molar-refractivity contribution >= 4 is 74.8 Å². The zero-order chi connectivity index (χ0) is 23.1. The summed E-state index contributed by atoms with van der Waals surface area (Å²) in [5.41, 5.74) is 1.01. The summed E-state index contributed by atoms with van der Waals surface area (Å²) < 4.78 is 1.56. The number of urea groups is 1. The van der Waals surface area contributed by atoms with Crippen molar-refractivity contribution in [2.45, 2.75) is 55.9 Å². The first-order valence-corrected chi connectivity index (χ1v) is 13.9. The van der Waals surface area contributed by atoms with Gasteiger partial charge in [0, 0.05) is 36.9 Å². The standard InChI is InChI=1S/C21H28I2N4O4S/c22-13-9-12(10-14(23)20(13)30)5-6-18(29)25-8-7-24-17(28)4-2-1-3-16-19-15(11-32-16)26-21(31)27-19/h9-10,15-16,19,30H,1-8,11H2,(H,24,28)(H,25,29)(H2,26,27,31)/t15-,16-,19-/m0/s1. The lowest BCUT2D eigenvalue weighted by molar-refractivity contribution is -0.122. The van der Waals surface area contributed by atoms with E-state index < -0.39 is 0 Å². The van der Waals surface area contributed by atoms with Crippen LogP contribution in [0.3, 0.4) is 0 Å². The highest BCUT2D eigenvalue weighted by atomic mass is 127. The van der Waals surface area contributed by atoms with Crippen molar-refractivity contribution in [2.75, 3.05) is 18.8 Å². The molecule has 8 nitrogen and oxygen atoms in total. The fourth-order valence-electron chi connectivity index (χ4n) is 3.87. The molecule has 4 amide bonds. The number of carbonyl (C=O) groups is 3. The third kappa shape index (κ3) is 7.54. The summed E-state index contributed by atoms with van der Waals surface area (Å²) in [4.78, 5) is 35.4. The van der Waals surface area contributed by atoms with Crippen molar-refractivity contribution in [3.63, 3.8) is 0 Å². The summed E-state index contributed by atoms with van der Waals surface area (Å²) in [6, 6.07) is 4.16. The molecule has 2 aliphatic rings. The summed E-state index contributed by atoms with van der Waals surface area (Å²) in [5.74, 6) is 1.17. The highest BCUT2D eigenvalue weighted by Gasteiger charge is 2.42. The molecule has 3 atom stereocenters. The number of phenols is 1. The summed E-state index contributed by atoms with van der Waals surface area (Å²) >= 11 is 6.05. The molecule has 0 unspecified atom stereocenters. The average Bonchev–Trinajstić information content (AvgIpc) is 3.30. The number of hydrogen-bond donors (Lipinski definition) is 5. The van der Waals surface area contributed by atoms with E-state index in [-0.39, 0.29) is 35.7 Å². The SMILES string of the molecule is O=C(CCCC[C@@H]1SC[C@@H]2NC(=O)N[C@@H]21)NCCNC(=O)CCc1cc(I)c(O)c(I)c1. The van der Waals surface area contributed by atoms with Crippen LogP contribution in [0.1, 0.15) is 37.7 Å². The van der Waals surface area contributed by atoms with Crippen molar-refractivity contribution in [2.24, 2.45) is 0 Å². The number of thioether (sulfide) groups is 1. The number of aryl methyl sites for hydroxylation is 1. The van der Waals surface area contributed by atoms with Gasteiger partial charge in [-0.05, 0) is 82.1 Å². The van der Waals surface area contributed by atoms with Crippen LogP contribution in [0.5, 0.6) is 5.75 Å². The predicted molar refractivity (Wildman–Crippen MR) is 142 cm³/mol. The second kappa shape index (κ2) is 12.5. The van der Waals surface area contributed by atoms with Gasteiger partial charge >= 0.3 is 6.03 Å². The maximum absolute atomic E-state index is 12.0. The van der Waals surface area contributed by atoms with Crippen LogP contribution < -0.4 is 21.3 Å². The lowest BCUT2D eigenvalue weighted by Gasteiger charge is -2.16. The van der Waals surface area contributed by atoms with E-state index in [1.54, 1.807) is 0 Å². The largest absolute Gasteiger partial charge is 0.506 e. The van der Waals surface area contributed by atoms with E-state index in [0.717, 1.165) is 37.7 Å². The van der Waals surface area contributed by atoms with Gasteiger partial charge in [-0.3, -0.25) is 9.59 Å². The first kappa shape index (κ1) is 25.7. The second-order valence-corrected chi connectivity index (χ2v) is 11.6. The van der Waals surface area contributed by atoms with Crippen LogP contribution in [0.2, 0.25) is 0 Å². The lowest BCUT2D eigenvalue weighted by atomic mass is 10.0. The first-order valence-electron chi connectivity index (χ1n) is 10.7. The van der Waals surface area contributed by atoms with E-state index in [1.807, 2.05) is 23.9 Å². The van der Waals surface area contributed by atoms with Gasteiger partial charge in [-0.25, -0.2) is 4.79 Å². The Bertz CT molecular complexity index is 834. The van der Waals surface area contributed by atoms with Gasteiger partial charge < -0.3 is 26.4 Å². The quantitative estimate of drug-likeness (QED) is 0.139. The number of halogens is 2. The van der Waals surface area contributed by atoms with Crippen molar-refractivity contribution in [1.82, 2.24) is 21.3 Å². The molecule has 3 rings (SSSR count). The van der Waals surface area contributed by atoms with Gasteiger partial charge in [-0.15, -0.1) is 0 Å². The van der Waals surface area contributed by atoms with E-state index in [1.165, 1.54) is 0 Å². The molecule has 0 bridgehead atoms. The Morgan fingerprint density at radius 1 is 1.06 bits per heavy atom. The summed E-state index contributed by atoms with van der Waals surface area (Å²) in [6.45, 7) is 0.823. The van der Waals surface area contributed by atoms with E-state index in [4.69, 9.17) is 0 Å². The molecule has 0 saturated carbocycles. The molecule has 2 aliphatic heterocycles. The number of benzene rings is 1. The van der Waals surface area contributed by atoms with E-state index >= 15 is 0 Å². The fourth-order valence-corrected chi connectivity index (χ4v) is 7.32. The van der Waals surface area contributed by atoms with Gasteiger partial charge in [-0.1, -0.05) is 6.42 Å². The third-order valence-electron chi connectivity index (χ3n) is 5.57. The zero-order valence-electron chi connectivity index (χ0n) is 17.6. The third-order valence-corrected chi connectivity index (χ3v) is 8.72. The minimum atomic E-state index is -0.0679. The Morgan fingerprint density at radius 2 is 1.72 bits per heavy atom. The molecule has 0 spiro atoms. The predicted octanol–water partition coefficient (Wildman–Crippen LogP) is 2.49. The smallest absolute Gasteiger partial charge is 0.315 e. The maximum Gasteiger partial charge on any atom is 0.315 e. The van der Waals surface area contributed by atoms with Gasteiger partial charge in [0.05, 0.1) is 19.2 Å². The van der Waals surface area contributed by atoms with Gasteiger partial charge in [0.1, 0.15) is 5.75 Å². The van der Waals surface area contributed by atoms with Crippen LogP contribution in [0, 0.1) is 7.14 Å². The van der Waals surface area contributed by atoms with Crippen molar-refractivity contribution < 1.29 is 19.5 Å². The number of unbranched alkanes of at least 4 members (excludes halogenated alkanes) is 1. The maximum atomic E-state index is 12.0.